The predicted octanol–water partition coefficient (Wildman–Crippen LogP) is 4.48. The Morgan fingerprint density at radius 1 is 0.913 bits per heavy atom. The van der Waals surface area contributed by atoms with Crippen LogP contribution in [0.15, 0.2) is 36.5 Å². The molecular weight excluding hydrogens is 328 g/mol. The van der Waals surface area contributed by atoms with Crippen molar-refractivity contribution in [3.63, 3.8) is 0 Å². The van der Waals surface area contributed by atoms with E-state index in [4.69, 9.17) is 5.11 Å². The van der Waals surface area contributed by atoms with Gasteiger partial charge >= 0.3 is 18.3 Å². The van der Waals surface area contributed by atoms with Gasteiger partial charge in [-0.15, -0.1) is 0 Å². The first-order valence-corrected chi connectivity index (χ1v) is 5.97. The lowest BCUT2D eigenvalue weighted by molar-refractivity contribution is -0.141. The summed E-state index contributed by atoms with van der Waals surface area (Å²) in [7, 11) is 0. The molecule has 0 unspecified atom stereocenters. The first-order chi connectivity index (χ1) is 10.5. The zero-order chi connectivity index (χ0) is 17.4. The molecule has 2 aromatic rings. The summed E-state index contributed by atoms with van der Waals surface area (Å²) in [6, 6.07) is 3.56. The van der Waals surface area contributed by atoms with Gasteiger partial charge < -0.3 is 5.11 Å². The van der Waals surface area contributed by atoms with E-state index in [1.54, 1.807) is 0 Å². The van der Waals surface area contributed by atoms with E-state index in [1.165, 1.54) is 0 Å². The summed E-state index contributed by atoms with van der Waals surface area (Å²) in [4.78, 5) is 14.1. The molecule has 0 fully saturated rings. The summed E-state index contributed by atoms with van der Waals surface area (Å²) in [6.45, 7) is 0. The van der Waals surface area contributed by atoms with Crippen LogP contribution in [0.2, 0.25) is 0 Å². The van der Waals surface area contributed by atoms with Crippen LogP contribution < -0.4 is 0 Å². The Balaban J connectivity index is 2.54. The van der Waals surface area contributed by atoms with Gasteiger partial charge in [-0.25, -0.2) is 4.79 Å². The highest BCUT2D eigenvalue weighted by Crippen LogP contribution is 2.34. The molecule has 1 N–H and O–H groups in total. The molecule has 0 spiro atoms. The number of hydrogen-bond donors (Lipinski definition) is 1. The molecule has 0 aliphatic rings. The molecule has 122 valence electrons. The summed E-state index contributed by atoms with van der Waals surface area (Å²) in [5, 5.41) is 8.87. The lowest BCUT2D eigenvalue weighted by atomic mass is 10.0. The van der Waals surface area contributed by atoms with E-state index in [0.29, 0.717) is 18.2 Å². The number of rotatable bonds is 2. The van der Waals surface area contributed by atoms with Crippen LogP contribution in [0, 0.1) is 0 Å². The number of aromatic nitrogens is 1. The maximum atomic E-state index is 12.8. The van der Waals surface area contributed by atoms with Crippen LogP contribution in [-0.2, 0) is 12.4 Å². The van der Waals surface area contributed by atoms with Crippen LogP contribution in [0.25, 0.3) is 11.1 Å². The quantitative estimate of drug-likeness (QED) is 0.823. The van der Waals surface area contributed by atoms with Gasteiger partial charge in [0, 0.05) is 11.8 Å². The Bertz CT molecular complexity index is 734. The Hall–Kier alpha value is -2.58. The third kappa shape index (κ3) is 3.79. The van der Waals surface area contributed by atoms with Crippen molar-refractivity contribution < 1.29 is 36.2 Å². The van der Waals surface area contributed by atoms with Crippen molar-refractivity contribution in [3.05, 3.63) is 53.3 Å². The Kier molecular flexibility index (Phi) is 4.06. The van der Waals surface area contributed by atoms with Crippen molar-refractivity contribution in [3.8, 4) is 11.1 Å². The highest BCUT2D eigenvalue weighted by Gasteiger charge is 2.33. The van der Waals surface area contributed by atoms with Gasteiger partial charge in [-0.1, -0.05) is 6.07 Å². The second-order valence-electron chi connectivity index (χ2n) is 4.53. The second-order valence-corrected chi connectivity index (χ2v) is 4.53. The number of carbonyl (C=O) groups is 1. The molecule has 23 heavy (non-hydrogen) atoms. The van der Waals surface area contributed by atoms with Crippen molar-refractivity contribution >= 4 is 5.97 Å². The average molecular weight is 335 g/mol. The van der Waals surface area contributed by atoms with Gasteiger partial charge in [-0.2, -0.15) is 26.3 Å². The van der Waals surface area contributed by atoms with Gasteiger partial charge in [0.15, 0.2) is 0 Å². The molecule has 1 aromatic carbocycles. The normalized spacial score (nSPS) is 12.3. The van der Waals surface area contributed by atoms with Crippen LogP contribution in [0.5, 0.6) is 0 Å². The first-order valence-electron chi connectivity index (χ1n) is 5.97. The number of hydrogen-bond acceptors (Lipinski definition) is 2. The number of carboxylic acids is 1. The average Bonchev–Trinajstić information content (AvgIpc) is 2.45. The summed E-state index contributed by atoms with van der Waals surface area (Å²) >= 11 is 0. The van der Waals surface area contributed by atoms with Gasteiger partial charge in [-0.3, -0.25) is 4.98 Å². The van der Waals surface area contributed by atoms with Gasteiger partial charge in [0.1, 0.15) is 5.69 Å². The van der Waals surface area contributed by atoms with E-state index in [9.17, 15) is 31.1 Å². The summed E-state index contributed by atoms with van der Waals surface area (Å²) in [5.74, 6) is -1.59. The van der Waals surface area contributed by atoms with Crippen LogP contribution in [-0.4, -0.2) is 16.1 Å². The maximum absolute atomic E-state index is 12.8. The summed E-state index contributed by atoms with van der Waals surface area (Å²) in [5.41, 5.74) is -3.31. The zero-order valence-corrected chi connectivity index (χ0v) is 11.0. The smallest absolute Gasteiger partial charge is 0.433 e. The summed E-state index contributed by atoms with van der Waals surface area (Å²) < 4.78 is 75.6. The van der Waals surface area contributed by atoms with Crippen LogP contribution >= 0.6 is 0 Å². The number of aromatic carboxylic acids is 1. The molecule has 0 saturated heterocycles. The molecule has 3 nitrogen and oxygen atoms in total. The number of carboxylic acid groups (broad SMARTS) is 1. The number of pyridine rings is 1. The Labute approximate surface area is 125 Å². The fraction of sp³-hybridized carbons (Fsp3) is 0.143. The molecule has 1 heterocycles. The molecule has 0 aliphatic heterocycles. The van der Waals surface area contributed by atoms with E-state index in [-0.39, 0.29) is 11.1 Å². The van der Waals surface area contributed by atoms with Gasteiger partial charge in [0.2, 0.25) is 0 Å². The van der Waals surface area contributed by atoms with E-state index >= 15 is 0 Å². The number of nitrogens with zero attached hydrogens (tertiary/aromatic N) is 1. The van der Waals surface area contributed by atoms with E-state index < -0.39 is 35.1 Å². The fourth-order valence-electron chi connectivity index (χ4n) is 1.81. The molecule has 0 atom stereocenters. The highest BCUT2D eigenvalue weighted by molar-refractivity contribution is 5.89. The molecule has 0 amide bonds. The van der Waals surface area contributed by atoms with Gasteiger partial charge in [-0.05, 0) is 29.8 Å². The molecule has 0 saturated carbocycles. The standard InChI is InChI=1S/C14H7F6NO2/c15-13(16,17)10-4-8(3-9(5-10)12(22)23)7-1-2-11(21-6-7)14(18,19)20/h1-6H,(H,22,23). The largest absolute Gasteiger partial charge is 0.478 e. The van der Waals surface area contributed by atoms with Crippen LogP contribution in [0.4, 0.5) is 26.3 Å². The van der Waals surface area contributed by atoms with E-state index in [1.807, 2.05) is 0 Å². The monoisotopic (exact) mass is 335 g/mol. The lowest BCUT2D eigenvalue weighted by Gasteiger charge is -2.11. The number of alkyl halides is 6. The molecule has 9 heteroatoms. The fourth-order valence-corrected chi connectivity index (χ4v) is 1.81. The van der Waals surface area contributed by atoms with Crippen molar-refractivity contribution in [2.75, 3.05) is 0 Å². The van der Waals surface area contributed by atoms with Crippen molar-refractivity contribution in [1.29, 1.82) is 0 Å². The molecule has 0 radical (unpaired) electrons. The molecule has 0 aliphatic carbocycles. The second kappa shape index (κ2) is 5.56. The third-order valence-electron chi connectivity index (χ3n) is 2.89. The van der Waals surface area contributed by atoms with Crippen molar-refractivity contribution in [1.82, 2.24) is 4.98 Å². The number of benzene rings is 1. The molecule has 2 rings (SSSR count). The lowest BCUT2D eigenvalue weighted by Crippen LogP contribution is -2.09. The van der Waals surface area contributed by atoms with Gasteiger partial charge in [0.25, 0.3) is 0 Å². The third-order valence-corrected chi connectivity index (χ3v) is 2.89. The highest BCUT2D eigenvalue weighted by atomic mass is 19.4. The van der Waals surface area contributed by atoms with Crippen LogP contribution in [0.1, 0.15) is 21.6 Å². The Morgan fingerprint density at radius 3 is 2.00 bits per heavy atom. The van der Waals surface area contributed by atoms with Crippen LogP contribution in [0.3, 0.4) is 0 Å². The summed E-state index contributed by atoms with van der Waals surface area (Å²) in [6.07, 6.45) is -8.73. The predicted molar refractivity (Wildman–Crippen MR) is 66.6 cm³/mol. The minimum absolute atomic E-state index is 0.0633. The topological polar surface area (TPSA) is 50.2 Å². The number of halogens is 6. The molecule has 1 aromatic heterocycles. The van der Waals surface area contributed by atoms with Crippen molar-refractivity contribution in [2.24, 2.45) is 0 Å². The molecular formula is C14H7F6NO2. The van der Waals surface area contributed by atoms with E-state index in [0.717, 1.165) is 18.3 Å². The zero-order valence-electron chi connectivity index (χ0n) is 11.0. The molecule has 0 bridgehead atoms. The minimum Gasteiger partial charge on any atom is -0.478 e. The van der Waals surface area contributed by atoms with E-state index in [2.05, 4.69) is 4.98 Å². The first kappa shape index (κ1) is 16.8. The minimum atomic E-state index is -4.79. The SMILES string of the molecule is O=C(O)c1cc(-c2ccc(C(F)(F)F)nc2)cc(C(F)(F)F)c1. The Morgan fingerprint density at radius 2 is 1.57 bits per heavy atom. The van der Waals surface area contributed by atoms with Gasteiger partial charge in [0.05, 0.1) is 11.1 Å². The maximum Gasteiger partial charge on any atom is 0.433 e. The van der Waals surface area contributed by atoms with Crippen molar-refractivity contribution in [2.45, 2.75) is 12.4 Å².